The van der Waals surface area contributed by atoms with E-state index in [4.69, 9.17) is 4.74 Å². The van der Waals surface area contributed by atoms with Crippen LogP contribution in [0.4, 0.5) is 4.79 Å². The summed E-state index contributed by atoms with van der Waals surface area (Å²) in [6.45, 7) is 11.0. The Hall–Kier alpha value is -1.41. The highest BCUT2D eigenvalue weighted by Gasteiger charge is 2.26. The molecule has 0 aliphatic rings. The summed E-state index contributed by atoms with van der Waals surface area (Å²) in [6.07, 6.45) is -0.243. The first kappa shape index (κ1) is 20.6. The summed E-state index contributed by atoms with van der Waals surface area (Å²) in [6, 6.07) is 1.04. The number of aryl methyl sites for hydroxylation is 1. The third-order valence-corrected chi connectivity index (χ3v) is 5.49. The van der Waals surface area contributed by atoms with E-state index in [1.807, 2.05) is 32.2 Å². The fourth-order valence-corrected chi connectivity index (χ4v) is 3.98. The molecule has 0 saturated carbocycles. The minimum atomic E-state index is -1.64. The van der Waals surface area contributed by atoms with Gasteiger partial charge < -0.3 is 10.1 Å². The number of rotatable bonds is 6. The zero-order chi connectivity index (χ0) is 18.5. The summed E-state index contributed by atoms with van der Waals surface area (Å²) < 4.78 is 20.6. The zero-order valence-electron chi connectivity index (χ0n) is 15.0. The van der Waals surface area contributed by atoms with Gasteiger partial charge in [-0.3, -0.25) is 9.52 Å². The van der Waals surface area contributed by atoms with Crippen molar-refractivity contribution in [1.82, 2.24) is 10.0 Å². The van der Waals surface area contributed by atoms with Crippen LogP contribution in [0.15, 0.2) is 15.7 Å². The number of carbonyl (C=O) groups is 2. The van der Waals surface area contributed by atoms with Gasteiger partial charge in [0.2, 0.25) is 0 Å². The van der Waals surface area contributed by atoms with Crippen molar-refractivity contribution in [3.8, 4) is 0 Å². The van der Waals surface area contributed by atoms with Gasteiger partial charge in [-0.1, -0.05) is 13.8 Å². The molecule has 2 amide bonds. The van der Waals surface area contributed by atoms with E-state index in [1.54, 1.807) is 20.8 Å². The Bertz CT molecular complexity index is 605. The quantitative estimate of drug-likeness (QED) is 0.801. The normalized spacial score (nSPS) is 14.1. The monoisotopic (exact) mass is 374 g/mol. The Balaban J connectivity index is 2.76. The Morgan fingerprint density at radius 2 is 1.96 bits per heavy atom. The summed E-state index contributed by atoms with van der Waals surface area (Å²) >= 11 is 1.32. The molecule has 6 nitrogen and oxygen atoms in total. The molecule has 0 aliphatic heterocycles. The molecule has 24 heavy (non-hydrogen) atoms. The molecule has 1 unspecified atom stereocenters. The first-order chi connectivity index (χ1) is 11.0. The Morgan fingerprint density at radius 3 is 2.42 bits per heavy atom. The van der Waals surface area contributed by atoms with Crippen LogP contribution in [-0.4, -0.2) is 27.9 Å². The van der Waals surface area contributed by atoms with E-state index in [1.165, 1.54) is 11.3 Å². The lowest BCUT2D eigenvalue weighted by Gasteiger charge is -2.24. The smallest absolute Gasteiger partial charge is 0.408 e. The van der Waals surface area contributed by atoms with Crippen LogP contribution in [0.1, 0.15) is 46.6 Å². The van der Waals surface area contributed by atoms with Crippen LogP contribution in [0.25, 0.3) is 0 Å². The van der Waals surface area contributed by atoms with E-state index >= 15 is 0 Å². The summed E-state index contributed by atoms with van der Waals surface area (Å²) in [4.78, 5) is 24.4. The molecule has 0 bridgehead atoms. The second kappa shape index (κ2) is 8.62. The average molecular weight is 375 g/mol. The number of hydrogen-bond donors (Lipinski definition) is 2. The van der Waals surface area contributed by atoms with Crippen LogP contribution in [0.5, 0.6) is 0 Å². The number of carbonyl (C=O) groups excluding carboxylic acids is 2. The first-order valence-corrected chi connectivity index (χ1v) is 9.78. The summed E-state index contributed by atoms with van der Waals surface area (Å²) in [5.41, 5.74) is 0.207. The van der Waals surface area contributed by atoms with Crippen molar-refractivity contribution in [2.75, 3.05) is 0 Å². The van der Waals surface area contributed by atoms with Crippen LogP contribution >= 0.6 is 11.3 Å². The van der Waals surface area contributed by atoms with Gasteiger partial charge in [-0.2, -0.15) is 0 Å². The summed E-state index contributed by atoms with van der Waals surface area (Å²) in [5.74, 6) is -0.312. The van der Waals surface area contributed by atoms with Crippen molar-refractivity contribution in [1.29, 1.82) is 0 Å². The van der Waals surface area contributed by atoms with Crippen molar-refractivity contribution < 1.29 is 18.5 Å². The minimum Gasteiger partial charge on any atom is -0.444 e. The van der Waals surface area contributed by atoms with E-state index in [9.17, 15) is 13.8 Å². The lowest BCUT2D eigenvalue weighted by Crippen LogP contribution is -2.49. The molecule has 0 aliphatic carbocycles. The van der Waals surface area contributed by atoms with E-state index < -0.39 is 34.6 Å². The molecule has 1 heterocycles. The molecule has 8 heteroatoms. The molecule has 0 radical (unpaired) electrons. The topological polar surface area (TPSA) is 84.5 Å². The van der Waals surface area contributed by atoms with Gasteiger partial charge in [-0.15, -0.1) is 11.3 Å². The van der Waals surface area contributed by atoms with E-state index in [0.29, 0.717) is 10.6 Å². The van der Waals surface area contributed by atoms with Gasteiger partial charge in [0.05, 0.1) is 0 Å². The lowest BCUT2D eigenvalue weighted by molar-refractivity contribution is -0.121. The van der Waals surface area contributed by atoms with E-state index in [0.717, 1.165) is 5.56 Å². The maximum Gasteiger partial charge on any atom is 0.408 e. The maximum absolute atomic E-state index is 12.4. The number of nitrogens with one attached hydrogen (secondary N) is 2. The third kappa shape index (κ3) is 7.00. The highest BCUT2D eigenvalue weighted by atomic mass is 32.2. The molecule has 0 fully saturated rings. The fraction of sp³-hybridized carbons (Fsp3) is 0.625. The first-order valence-electron chi connectivity index (χ1n) is 7.75. The van der Waals surface area contributed by atoms with Crippen molar-refractivity contribution in [2.45, 2.75) is 63.8 Å². The molecule has 2 atom stereocenters. The molecule has 2 N–H and O–H groups in total. The van der Waals surface area contributed by atoms with Crippen molar-refractivity contribution in [3.05, 3.63) is 17.0 Å². The largest absolute Gasteiger partial charge is 0.444 e. The van der Waals surface area contributed by atoms with Crippen molar-refractivity contribution in [3.63, 3.8) is 0 Å². The minimum absolute atomic E-state index is 0.174. The number of hydrogen-bond acceptors (Lipinski definition) is 5. The highest BCUT2D eigenvalue weighted by Crippen LogP contribution is 2.19. The standard InChI is InChI=1S/C16H26N2O4S2/c1-10(2)9-12(17-15(20)22-16(4,5)6)13(19)18-24(21)14-11(3)7-8-23-14/h7-8,10,12H,9H2,1-6H3,(H,17,20)(H,18,19)/t12-,24?/m0/s1. The van der Waals surface area contributed by atoms with E-state index in [2.05, 4.69) is 10.0 Å². The van der Waals surface area contributed by atoms with Gasteiger partial charge >= 0.3 is 6.09 Å². The van der Waals surface area contributed by atoms with Crippen molar-refractivity contribution in [2.24, 2.45) is 5.92 Å². The SMILES string of the molecule is Cc1ccsc1S(=O)NC(=O)[C@H](CC(C)C)NC(=O)OC(C)(C)C. The third-order valence-electron chi connectivity index (χ3n) is 2.89. The molecular weight excluding hydrogens is 348 g/mol. The molecular formula is C16H26N2O4S2. The molecule has 0 aromatic carbocycles. The molecule has 0 saturated heterocycles. The molecule has 136 valence electrons. The van der Waals surface area contributed by atoms with Gasteiger partial charge in [-0.25, -0.2) is 9.00 Å². The highest BCUT2D eigenvalue weighted by molar-refractivity contribution is 7.86. The van der Waals surface area contributed by atoms with Gasteiger partial charge in [0.1, 0.15) is 15.9 Å². The van der Waals surface area contributed by atoms with Crippen LogP contribution in [0.2, 0.25) is 0 Å². The van der Waals surface area contributed by atoms with Crippen LogP contribution in [-0.2, 0) is 20.5 Å². The van der Waals surface area contributed by atoms with Gasteiger partial charge in [0, 0.05) is 0 Å². The zero-order valence-corrected chi connectivity index (χ0v) is 16.6. The van der Waals surface area contributed by atoms with Gasteiger partial charge in [-0.05, 0) is 57.0 Å². The van der Waals surface area contributed by atoms with Gasteiger partial charge in [0.15, 0.2) is 11.0 Å². The summed E-state index contributed by atoms with van der Waals surface area (Å²) in [5, 5.41) is 4.38. The number of amides is 2. The van der Waals surface area contributed by atoms with Crippen molar-refractivity contribution >= 4 is 34.3 Å². The average Bonchev–Trinajstić information content (AvgIpc) is 2.81. The second-order valence-corrected chi connectivity index (χ2v) is 9.28. The Kier molecular flexibility index (Phi) is 7.41. The Morgan fingerprint density at radius 1 is 1.33 bits per heavy atom. The van der Waals surface area contributed by atoms with Crippen LogP contribution in [0, 0.1) is 12.8 Å². The predicted molar refractivity (Wildman–Crippen MR) is 96.2 cm³/mol. The maximum atomic E-state index is 12.4. The van der Waals surface area contributed by atoms with E-state index in [-0.39, 0.29) is 5.92 Å². The molecule has 1 rings (SSSR count). The van der Waals surface area contributed by atoms with Gasteiger partial charge in [0.25, 0.3) is 5.91 Å². The van der Waals surface area contributed by atoms with Crippen LogP contribution in [0.3, 0.4) is 0 Å². The summed E-state index contributed by atoms with van der Waals surface area (Å²) in [7, 11) is -1.64. The number of ether oxygens (including phenoxy) is 1. The molecule has 1 aromatic rings. The fourth-order valence-electron chi connectivity index (χ4n) is 1.91. The Labute approximate surface area is 149 Å². The molecule has 0 spiro atoms. The number of alkyl carbamates (subject to hydrolysis) is 1. The predicted octanol–water partition coefficient (Wildman–Crippen LogP) is 3.13. The van der Waals surface area contributed by atoms with Crippen LogP contribution < -0.4 is 10.0 Å². The number of thiophene rings is 1. The second-order valence-electron chi connectivity index (χ2n) is 6.95. The lowest BCUT2D eigenvalue weighted by atomic mass is 10.0. The molecule has 1 aromatic heterocycles.